The summed E-state index contributed by atoms with van der Waals surface area (Å²) >= 11 is 8.50. The number of halogens is 3. The van der Waals surface area contributed by atoms with Crippen LogP contribution < -0.4 is 0 Å². The number of ether oxygens (including phenoxy) is 1. The summed E-state index contributed by atoms with van der Waals surface area (Å²) < 4.78 is 19.4. The standard InChI is InChI=1S/C13H14BrClFNO2/c14-8-13(16)6-7-17(9-13)11(19-12(15)18)10-4-2-1-3-5-10/h1-5,11H,6-9H2. The Balaban J connectivity index is 2.18. The minimum Gasteiger partial charge on any atom is -0.430 e. The topological polar surface area (TPSA) is 29.5 Å². The normalized spacial score (nSPS) is 25.2. The van der Waals surface area contributed by atoms with E-state index in [0.29, 0.717) is 13.0 Å². The van der Waals surface area contributed by atoms with Gasteiger partial charge < -0.3 is 4.74 Å². The first kappa shape index (κ1) is 14.8. The Bertz CT molecular complexity index is 448. The summed E-state index contributed by atoms with van der Waals surface area (Å²) in [5.41, 5.74) is -1.38. The molecule has 2 rings (SSSR count). The molecule has 0 bridgehead atoms. The molecule has 3 nitrogen and oxygen atoms in total. The summed E-state index contributed by atoms with van der Waals surface area (Å²) in [5.74, 6) is 0. The number of benzene rings is 1. The third kappa shape index (κ3) is 3.68. The Kier molecular flexibility index (Phi) is 4.81. The average molecular weight is 351 g/mol. The van der Waals surface area contributed by atoms with Crippen LogP contribution in [-0.4, -0.2) is 34.4 Å². The van der Waals surface area contributed by atoms with E-state index in [1.54, 1.807) is 4.90 Å². The lowest BCUT2D eigenvalue weighted by atomic mass is 10.1. The maximum Gasteiger partial charge on any atom is 0.405 e. The van der Waals surface area contributed by atoms with Gasteiger partial charge in [0.2, 0.25) is 0 Å². The number of carbonyl (C=O) groups excluding carboxylic acids is 1. The highest BCUT2D eigenvalue weighted by Crippen LogP contribution is 2.34. The highest BCUT2D eigenvalue weighted by atomic mass is 79.9. The van der Waals surface area contributed by atoms with Gasteiger partial charge >= 0.3 is 5.43 Å². The number of hydrogen-bond donors (Lipinski definition) is 0. The van der Waals surface area contributed by atoms with Crippen LogP contribution in [0.1, 0.15) is 18.2 Å². The molecule has 0 aliphatic carbocycles. The van der Waals surface area contributed by atoms with Crippen LogP contribution in [0.25, 0.3) is 0 Å². The molecular weight excluding hydrogens is 337 g/mol. The molecule has 1 saturated heterocycles. The zero-order chi connectivity index (χ0) is 13.9. The molecule has 0 amide bonds. The highest BCUT2D eigenvalue weighted by molar-refractivity contribution is 9.09. The second kappa shape index (κ2) is 6.20. The Hall–Kier alpha value is -0.650. The summed E-state index contributed by atoms with van der Waals surface area (Å²) in [6, 6.07) is 9.21. The summed E-state index contributed by atoms with van der Waals surface area (Å²) in [7, 11) is 0. The van der Waals surface area contributed by atoms with E-state index in [-0.39, 0.29) is 11.9 Å². The fraction of sp³-hybridized carbons (Fsp3) is 0.462. The first-order valence-corrected chi connectivity index (χ1v) is 7.44. The molecule has 19 heavy (non-hydrogen) atoms. The number of likely N-dealkylation sites (tertiary alicyclic amines) is 1. The summed E-state index contributed by atoms with van der Waals surface area (Å²) in [4.78, 5) is 12.8. The molecular formula is C13H14BrClFNO2. The van der Waals surface area contributed by atoms with E-state index in [1.807, 2.05) is 30.3 Å². The molecule has 104 valence electrons. The molecule has 1 fully saturated rings. The van der Waals surface area contributed by atoms with Crippen LogP contribution in [0.4, 0.5) is 9.18 Å². The van der Waals surface area contributed by atoms with Crippen LogP contribution in [-0.2, 0) is 4.74 Å². The fourth-order valence-electron chi connectivity index (χ4n) is 2.23. The van der Waals surface area contributed by atoms with Gasteiger partial charge in [-0.25, -0.2) is 9.18 Å². The van der Waals surface area contributed by atoms with Crippen molar-refractivity contribution >= 4 is 33.0 Å². The number of nitrogens with zero attached hydrogens (tertiary/aromatic N) is 1. The van der Waals surface area contributed by atoms with Crippen molar-refractivity contribution in [2.24, 2.45) is 0 Å². The average Bonchev–Trinajstić information content (AvgIpc) is 2.80. The SMILES string of the molecule is O=C(Cl)OC(c1ccccc1)N1CCC(F)(CBr)C1. The zero-order valence-electron chi connectivity index (χ0n) is 10.2. The molecule has 1 aromatic carbocycles. The van der Waals surface area contributed by atoms with Gasteiger partial charge in [-0.1, -0.05) is 46.3 Å². The summed E-state index contributed by atoms with van der Waals surface area (Å²) in [6.45, 7) is 0.730. The van der Waals surface area contributed by atoms with Gasteiger partial charge in [0.05, 0.1) is 0 Å². The van der Waals surface area contributed by atoms with Crippen LogP contribution in [0.2, 0.25) is 0 Å². The van der Waals surface area contributed by atoms with Crippen LogP contribution in [0.5, 0.6) is 0 Å². The van der Waals surface area contributed by atoms with Crippen molar-refractivity contribution < 1.29 is 13.9 Å². The maximum atomic E-state index is 14.2. The smallest absolute Gasteiger partial charge is 0.405 e. The van der Waals surface area contributed by atoms with E-state index in [2.05, 4.69) is 15.9 Å². The lowest BCUT2D eigenvalue weighted by molar-refractivity contribution is 0.00168. The Labute approximate surface area is 124 Å². The third-order valence-corrected chi connectivity index (χ3v) is 4.29. The van der Waals surface area contributed by atoms with Gasteiger partial charge in [0, 0.05) is 35.6 Å². The monoisotopic (exact) mass is 349 g/mol. The minimum atomic E-state index is -1.29. The first-order valence-electron chi connectivity index (χ1n) is 5.94. The largest absolute Gasteiger partial charge is 0.430 e. The zero-order valence-corrected chi connectivity index (χ0v) is 12.5. The number of alkyl halides is 2. The van der Waals surface area contributed by atoms with Crippen molar-refractivity contribution in [3.8, 4) is 0 Å². The Morgan fingerprint density at radius 3 is 2.74 bits per heavy atom. The predicted octanol–water partition coefficient (Wildman–Crippen LogP) is 3.87. The molecule has 1 heterocycles. The molecule has 2 atom stereocenters. The van der Waals surface area contributed by atoms with Crippen molar-refractivity contribution in [1.82, 2.24) is 4.90 Å². The first-order chi connectivity index (χ1) is 9.04. The molecule has 0 saturated carbocycles. The molecule has 2 unspecified atom stereocenters. The molecule has 1 aliphatic heterocycles. The van der Waals surface area contributed by atoms with Gasteiger partial charge in [-0.15, -0.1) is 0 Å². The van der Waals surface area contributed by atoms with E-state index in [9.17, 15) is 9.18 Å². The Morgan fingerprint density at radius 2 is 2.21 bits per heavy atom. The van der Waals surface area contributed by atoms with Crippen LogP contribution in [0.15, 0.2) is 30.3 Å². The third-order valence-electron chi connectivity index (χ3n) is 3.19. The van der Waals surface area contributed by atoms with Crippen molar-refractivity contribution in [3.05, 3.63) is 35.9 Å². The molecule has 0 radical (unpaired) electrons. The van der Waals surface area contributed by atoms with Gasteiger partial charge in [-0.3, -0.25) is 4.90 Å². The van der Waals surface area contributed by atoms with Crippen molar-refractivity contribution in [2.75, 3.05) is 18.4 Å². The van der Waals surface area contributed by atoms with E-state index in [4.69, 9.17) is 16.3 Å². The number of rotatable bonds is 4. The van der Waals surface area contributed by atoms with Crippen molar-refractivity contribution in [1.29, 1.82) is 0 Å². The van der Waals surface area contributed by atoms with E-state index in [1.165, 1.54) is 0 Å². The van der Waals surface area contributed by atoms with Gasteiger partial charge in [0.15, 0.2) is 6.23 Å². The van der Waals surface area contributed by atoms with Crippen LogP contribution >= 0.6 is 27.5 Å². The number of hydrogen-bond acceptors (Lipinski definition) is 3. The predicted molar refractivity (Wildman–Crippen MR) is 75.3 cm³/mol. The minimum absolute atomic E-state index is 0.210. The molecule has 6 heteroatoms. The lowest BCUT2D eigenvalue weighted by Gasteiger charge is -2.27. The van der Waals surface area contributed by atoms with Gasteiger partial charge in [0.25, 0.3) is 0 Å². The van der Waals surface area contributed by atoms with E-state index in [0.717, 1.165) is 5.56 Å². The van der Waals surface area contributed by atoms with Crippen LogP contribution in [0, 0.1) is 0 Å². The van der Waals surface area contributed by atoms with E-state index >= 15 is 0 Å². The lowest BCUT2D eigenvalue weighted by Crippen LogP contribution is -2.34. The van der Waals surface area contributed by atoms with Gasteiger partial charge in [-0.05, 0) is 6.42 Å². The molecule has 0 spiro atoms. The van der Waals surface area contributed by atoms with Gasteiger partial charge in [-0.2, -0.15) is 0 Å². The van der Waals surface area contributed by atoms with Crippen molar-refractivity contribution in [3.63, 3.8) is 0 Å². The second-order valence-corrected chi connectivity index (χ2v) is 5.49. The molecule has 0 N–H and O–H groups in total. The van der Waals surface area contributed by atoms with E-state index < -0.39 is 17.3 Å². The molecule has 0 aromatic heterocycles. The summed E-state index contributed by atoms with van der Waals surface area (Å²) in [5, 5.41) is 0.271. The molecule has 1 aliphatic rings. The quantitative estimate of drug-likeness (QED) is 0.610. The Morgan fingerprint density at radius 1 is 1.53 bits per heavy atom. The van der Waals surface area contributed by atoms with Gasteiger partial charge in [0.1, 0.15) is 5.67 Å². The van der Waals surface area contributed by atoms with Crippen LogP contribution in [0.3, 0.4) is 0 Å². The molecule has 1 aromatic rings. The highest BCUT2D eigenvalue weighted by Gasteiger charge is 2.41. The maximum absolute atomic E-state index is 14.2. The summed E-state index contributed by atoms with van der Waals surface area (Å²) in [6.07, 6.45) is -0.232. The fourth-order valence-corrected chi connectivity index (χ4v) is 2.78. The van der Waals surface area contributed by atoms with Crippen molar-refractivity contribution in [2.45, 2.75) is 18.3 Å². The second-order valence-electron chi connectivity index (χ2n) is 4.62. The number of carbonyl (C=O) groups is 1.